The zero-order valence-electron chi connectivity index (χ0n) is 15.0. The van der Waals surface area contributed by atoms with Crippen LogP contribution >= 0.6 is 11.6 Å². The fourth-order valence-electron chi connectivity index (χ4n) is 2.82. The van der Waals surface area contributed by atoms with Gasteiger partial charge >= 0.3 is 0 Å². The maximum Gasteiger partial charge on any atom is 0.268 e. The third kappa shape index (κ3) is 3.65. The minimum absolute atomic E-state index is 0.0298. The predicted molar refractivity (Wildman–Crippen MR) is 104 cm³/mol. The van der Waals surface area contributed by atoms with Crippen LogP contribution in [0, 0.1) is 12.7 Å². The van der Waals surface area contributed by atoms with Crippen molar-refractivity contribution in [3.05, 3.63) is 70.0 Å². The summed E-state index contributed by atoms with van der Waals surface area (Å²) in [4.78, 5) is 24.6. The molecule has 28 heavy (non-hydrogen) atoms. The number of sulfonamides is 1. The summed E-state index contributed by atoms with van der Waals surface area (Å²) >= 11 is 6.01. The van der Waals surface area contributed by atoms with Crippen molar-refractivity contribution in [3.63, 3.8) is 0 Å². The quantitative estimate of drug-likeness (QED) is 0.819. The van der Waals surface area contributed by atoms with E-state index in [1.165, 1.54) is 25.1 Å². The molecule has 2 aromatic carbocycles. The Kier molecular flexibility index (Phi) is 5.27. The topological polar surface area (TPSA) is 83.6 Å². The third-order valence-corrected chi connectivity index (χ3v) is 6.63. The summed E-state index contributed by atoms with van der Waals surface area (Å²) in [6.45, 7) is 2.47. The van der Waals surface area contributed by atoms with Crippen LogP contribution in [0.5, 0.6) is 0 Å². The van der Waals surface area contributed by atoms with Crippen molar-refractivity contribution in [3.8, 4) is 0 Å². The van der Waals surface area contributed by atoms with Gasteiger partial charge in [-0.3, -0.25) is 9.59 Å². The van der Waals surface area contributed by atoms with E-state index in [9.17, 15) is 22.4 Å². The van der Waals surface area contributed by atoms with Gasteiger partial charge in [-0.05, 0) is 49.2 Å². The second kappa shape index (κ2) is 7.37. The third-order valence-electron chi connectivity index (χ3n) is 4.29. The van der Waals surface area contributed by atoms with Gasteiger partial charge in [-0.1, -0.05) is 29.8 Å². The van der Waals surface area contributed by atoms with Crippen molar-refractivity contribution >= 4 is 44.0 Å². The summed E-state index contributed by atoms with van der Waals surface area (Å²) in [5.41, 5.74) is 1.35. The van der Waals surface area contributed by atoms with Gasteiger partial charge in [0.25, 0.3) is 15.9 Å². The SMILES string of the molecule is CC1=C(c2ccc(F)cc2)S(=O)(=O)N(CC(=O)Nc2ccc(C)c(Cl)c2)C1=O. The maximum absolute atomic E-state index is 13.1. The molecule has 3 rings (SSSR count). The van der Waals surface area contributed by atoms with Crippen LogP contribution in [0.2, 0.25) is 5.02 Å². The predicted octanol–water partition coefficient (Wildman–Crippen LogP) is 3.33. The highest BCUT2D eigenvalue weighted by atomic mass is 35.5. The van der Waals surface area contributed by atoms with Crippen LogP contribution in [0.4, 0.5) is 10.1 Å². The van der Waals surface area contributed by atoms with Gasteiger partial charge in [-0.25, -0.2) is 17.1 Å². The lowest BCUT2D eigenvalue weighted by Gasteiger charge is -2.16. The van der Waals surface area contributed by atoms with Gasteiger partial charge in [0.05, 0.1) is 0 Å². The molecule has 9 heteroatoms. The molecular formula is C19H16ClFN2O4S. The molecule has 0 aromatic heterocycles. The molecule has 0 bridgehead atoms. The van der Waals surface area contributed by atoms with Crippen LogP contribution in [-0.2, 0) is 19.6 Å². The largest absolute Gasteiger partial charge is 0.324 e. The zero-order chi connectivity index (χ0) is 20.6. The molecule has 6 nitrogen and oxygen atoms in total. The molecular weight excluding hydrogens is 407 g/mol. The molecule has 146 valence electrons. The molecule has 1 aliphatic heterocycles. The summed E-state index contributed by atoms with van der Waals surface area (Å²) in [5.74, 6) is -2.02. The zero-order valence-corrected chi connectivity index (χ0v) is 16.6. The van der Waals surface area contributed by atoms with Gasteiger partial charge in [-0.15, -0.1) is 0 Å². The Hall–Kier alpha value is -2.71. The van der Waals surface area contributed by atoms with Gasteiger partial charge in [0.2, 0.25) is 5.91 Å². The smallest absolute Gasteiger partial charge is 0.268 e. The first kappa shape index (κ1) is 20.0. The summed E-state index contributed by atoms with van der Waals surface area (Å²) in [7, 11) is -4.24. The second-order valence-corrected chi connectivity index (χ2v) is 8.50. The van der Waals surface area contributed by atoms with Crippen LogP contribution in [0.25, 0.3) is 4.91 Å². The number of nitrogens with zero attached hydrogens (tertiary/aromatic N) is 1. The molecule has 2 amide bonds. The summed E-state index contributed by atoms with van der Waals surface area (Å²) in [5, 5.41) is 2.97. The van der Waals surface area contributed by atoms with Crippen molar-refractivity contribution in [2.24, 2.45) is 0 Å². The summed E-state index contributed by atoms with van der Waals surface area (Å²) in [6.07, 6.45) is 0. The number of aryl methyl sites for hydroxylation is 1. The Morgan fingerprint density at radius 3 is 2.39 bits per heavy atom. The minimum Gasteiger partial charge on any atom is -0.324 e. The van der Waals surface area contributed by atoms with E-state index in [0.717, 1.165) is 17.7 Å². The van der Waals surface area contributed by atoms with Crippen molar-refractivity contribution in [2.75, 3.05) is 11.9 Å². The molecule has 1 heterocycles. The highest BCUT2D eigenvalue weighted by Crippen LogP contribution is 2.35. The van der Waals surface area contributed by atoms with Crippen LogP contribution in [0.1, 0.15) is 18.1 Å². The number of carbonyl (C=O) groups excluding carboxylic acids is 2. The standard InChI is InChI=1S/C19H16ClFN2O4S/c1-11-3-8-15(9-16(11)20)22-17(24)10-23-19(25)12(2)18(28(23,26)27)13-4-6-14(21)7-5-13/h3-9H,10H2,1-2H3,(H,22,24). The van der Waals surface area contributed by atoms with Crippen molar-refractivity contribution in [2.45, 2.75) is 13.8 Å². The van der Waals surface area contributed by atoms with E-state index in [4.69, 9.17) is 11.6 Å². The van der Waals surface area contributed by atoms with Crippen molar-refractivity contribution in [1.82, 2.24) is 4.31 Å². The Morgan fingerprint density at radius 2 is 1.79 bits per heavy atom. The van der Waals surface area contributed by atoms with Gasteiger partial charge in [0.1, 0.15) is 17.3 Å². The summed E-state index contributed by atoms with van der Waals surface area (Å²) < 4.78 is 39.3. The lowest BCUT2D eigenvalue weighted by atomic mass is 10.1. The molecule has 1 aliphatic rings. The number of anilines is 1. The Bertz CT molecular complexity index is 1110. The number of nitrogens with one attached hydrogen (secondary N) is 1. The van der Waals surface area contributed by atoms with E-state index in [-0.39, 0.29) is 16.0 Å². The Labute approximate surface area is 166 Å². The van der Waals surface area contributed by atoms with E-state index >= 15 is 0 Å². The summed E-state index contributed by atoms with van der Waals surface area (Å²) in [6, 6.07) is 9.61. The normalized spacial score (nSPS) is 15.9. The first-order valence-corrected chi connectivity index (χ1v) is 10.0. The number of rotatable bonds is 4. The molecule has 0 fully saturated rings. The number of halogens is 2. The highest BCUT2D eigenvalue weighted by Gasteiger charge is 2.43. The number of hydrogen-bond acceptors (Lipinski definition) is 4. The fraction of sp³-hybridized carbons (Fsp3) is 0.158. The first-order valence-electron chi connectivity index (χ1n) is 8.21. The number of benzene rings is 2. The lowest BCUT2D eigenvalue weighted by molar-refractivity contribution is -0.126. The molecule has 2 aromatic rings. The van der Waals surface area contributed by atoms with Crippen LogP contribution < -0.4 is 5.32 Å². The Morgan fingerprint density at radius 1 is 1.14 bits per heavy atom. The molecule has 0 radical (unpaired) electrons. The van der Waals surface area contributed by atoms with E-state index in [2.05, 4.69) is 5.32 Å². The molecule has 0 unspecified atom stereocenters. The molecule has 0 spiro atoms. The number of carbonyl (C=O) groups is 2. The lowest BCUT2D eigenvalue weighted by Crippen LogP contribution is -2.38. The molecule has 0 atom stereocenters. The maximum atomic E-state index is 13.1. The van der Waals surface area contributed by atoms with Gasteiger partial charge in [0, 0.05) is 16.3 Å². The van der Waals surface area contributed by atoms with E-state index in [1.54, 1.807) is 19.1 Å². The van der Waals surface area contributed by atoms with E-state index in [1.807, 2.05) is 0 Å². The van der Waals surface area contributed by atoms with Crippen LogP contribution in [0.15, 0.2) is 48.0 Å². The molecule has 1 N–H and O–H groups in total. The fourth-order valence-corrected chi connectivity index (χ4v) is 4.77. The van der Waals surface area contributed by atoms with Crippen LogP contribution in [0.3, 0.4) is 0 Å². The average molecular weight is 423 g/mol. The van der Waals surface area contributed by atoms with Gasteiger partial charge < -0.3 is 5.32 Å². The van der Waals surface area contributed by atoms with Gasteiger partial charge in [-0.2, -0.15) is 0 Å². The molecule has 0 saturated carbocycles. The van der Waals surface area contributed by atoms with Crippen molar-refractivity contribution < 1.29 is 22.4 Å². The average Bonchev–Trinajstić information content (AvgIpc) is 2.79. The molecule has 0 saturated heterocycles. The van der Waals surface area contributed by atoms with Crippen molar-refractivity contribution in [1.29, 1.82) is 0 Å². The van der Waals surface area contributed by atoms with Crippen LogP contribution in [-0.4, -0.2) is 31.1 Å². The second-order valence-electron chi connectivity index (χ2n) is 6.29. The Balaban J connectivity index is 1.83. The number of amides is 2. The first-order chi connectivity index (χ1) is 13.1. The highest BCUT2D eigenvalue weighted by molar-refractivity contribution is 7.99. The van der Waals surface area contributed by atoms with E-state index in [0.29, 0.717) is 15.0 Å². The molecule has 0 aliphatic carbocycles. The van der Waals surface area contributed by atoms with Gasteiger partial charge in [0.15, 0.2) is 0 Å². The minimum atomic E-state index is -4.24. The number of hydrogen-bond donors (Lipinski definition) is 1. The monoisotopic (exact) mass is 422 g/mol. The van der Waals surface area contributed by atoms with E-state index < -0.39 is 34.2 Å².